The number of nitrogens with zero attached hydrogens (tertiary/aromatic N) is 1. The summed E-state index contributed by atoms with van der Waals surface area (Å²) in [6, 6.07) is 11.5. The van der Waals surface area contributed by atoms with Crippen molar-refractivity contribution in [3.05, 3.63) is 51.1 Å². The highest BCUT2D eigenvalue weighted by Gasteiger charge is 2.28. The fourth-order valence-electron chi connectivity index (χ4n) is 3.11. The van der Waals surface area contributed by atoms with Gasteiger partial charge in [-0.3, -0.25) is 9.59 Å². The zero-order chi connectivity index (χ0) is 19.1. The molecule has 1 fully saturated rings. The Morgan fingerprint density at radius 2 is 2.11 bits per heavy atom. The van der Waals surface area contributed by atoms with Crippen molar-refractivity contribution in [1.82, 2.24) is 10.2 Å². The average Bonchev–Trinajstić information content (AvgIpc) is 3.12. The first-order valence-electron chi connectivity index (χ1n) is 9.08. The normalized spacial score (nSPS) is 16.8. The smallest absolute Gasteiger partial charge is 0.226 e. The fourth-order valence-corrected chi connectivity index (χ4v) is 4.50. The highest BCUT2D eigenvalue weighted by Crippen LogP contribution is 2.21. The first kappa shape index (κ1) is 19.9. The number of carbonyl (C=O) groups is 2. The summed E-state index contributed by atoms with van der Waals surface area (Å²) in [5, 5.41) is 4.99. The summed E-state index contributed by atoms with van der Waals surface area (Å²) in [5.74, 6) is 0.700. The van der Waals surface area contributed by atoms with E-state index < -0.39 is 0 Å². The van der Waals surface area contributed by atoms with E-state index in [0.29, 0.717) is 32.7 Å². The molecule has 0 saturated carbocycles. The topological polar surface area (TPSA) is 58.6 Å². The SMILES string of the molecule is O=C(NCc1cc(Br)cs1)C1CCCN(C(=O)CCOc2ccccc2)C1. The van der Waals surface area contributed by atoms with Crippen LogP contribution in [0.1, 0.15) is 24.1 Å². The van der Waals surface area contributed by atoms with Gasteiger partial charge >= 0.3 is 0 Å². The number of carbonyl (C=O) groups excluding carboxylic acids is 2. The molecule has 2 heterocycles. The van der Waals surface area contributed by atoms with Crippen LogP contribution in [-0.4, -0.2) is 36.4 Å². The minimum atomic E-state index is -0.138. The highest BCUT2D eigenvalue weighted by molar-refractivity contribution is 9.10. The van der Waals surface area contributed by atoms with Gasteiger partial charge in [-0.2, -0.15) is 0 Å². The summed E-state index contributed by atoms with van der Waals surface area (Å²) in [6.07, 6.45) is 2.00. The summed E-state index contributed by atoms with van der Waals surface area (Å²) in [6.45, 7) is 2.09. The molecule has 1 unspecified atom stereocenters. The standard InChI is InChI=1S/C20H23BrN2O3S/c21-16-11-18(27-14-16)12-22-20(25)15-5-4-9-23(13-15)19(24)8-10-26-17-6-2-1-3-7-17/h1-3,6-7,11,14-15H,4-5,8-10,12-13H2,(H,22,25). The Bertz CT molecular complexity index is 766. The lowest BCUT2D eigenvalue weighted by Gasteiger charge is -2.32. The van der Waals surface area contributed by atoms with Crippen molar-refractivity contribution >= 4 is 39.1 Å². The number of thiophene rings is 1. The Kier molecular flexibility index (Phi) is 7.29. The lowest BCUT2D eigenvalue weighted by Crippen LogP contribution is -2.45. The van der Waals surface area contributed by atoms with Gasteiger partial charge in [-0.05, 0) is 47.0 Å². The van der Waals surface area contributed by atoms with Gasteiger partial charge in [0.25, 0.3) is 0 Å². The summed E-state index contributed by atoms with van der Waals surface area (Å²) >= 11 is 5.03. The van der Waals surface area contributed by atoms with E-state index in [9.17, 15) is 9.59 Å². The molecule has 2 amide bonds. The number of rotatable bonds is 7. The molecule has 27 heavy (non-hydrogen) atoms. The molecule has 1 saturated heterocycles. The molecule has 0 radical (unpaired) electrons. The van der Waals surface area contributed by atoms with Gasteiger partial charge in [-0.15, -0.1) is 11.3 Å². The van der Waals surface area contributed by atoms with E-state index in [0.717, 1.165) is 27.9 Å². The maximum absolute atomic E-state index is 12.5. The highest BCUT2D eigenvalue weighted by atomic mass is 79.9. The molecule has 144 valence electrons. The maximum Gasteiger partial charge on any atom is 0.226 e. The molecule has 7 heteroatoms. The predicted octanol–water partition coefficient (Wildman–Crippen LogP) is 3.83. The van der Waals surface area contributed by atoms with Gasteiger partial charge < -0.3 is 15.0 Å². The number of halogens is 1. The van der Waals surface area contributed by atoms with Crippen LogP contribution in [-0.2, 0) is 16.1 Å². The predicted molar refractivity (Wildman–Crippen MR) is 110 cm³/mol. The summed E-state index contributed by atoms with van der Waals surface area (Å²) in [7, 11) is 0. The third-order valence-corrected chi connectivity index (χ3v) is 6.23. The molecule has 1 aliphatic rings. The third-order valence-electron chi connectivity index (χ3n) is 4.53. The molecular formula is C20H23BrN2O3S. The number of likely N-dealkylation sites (tertiary alicyclic amines) is 1. The van der Waals surface area contributed by atoms with E-state index in [4.69, 9.17) is 4.74 Å². The molecule has 5 nitrogen and oxygen atoms in total. The molecule has 2 aromatic rings. The zero-order valence-electron chi connectivity index (χ0n) is 15.0. The van der Waals surface area contributed by atoms with E-state index in [1.54, 1.807) is 16.2 Å². The van der Waals surface area contributed by atoms with Crippen LogP contribution in [0.3, 0.4) is 0 Å². The number of ether oxygens (including phenoxy) is 1. The van der Waals surface area contributed by atoms with Crippen LogP contribution in [0.4, 0.5) is 0 Å². The van der Waals surface area contributed by atoms with E-state index in [2.05, 4.69) is 21.2 Å². The van der Waals surface area contributed by atoms with Gasteiger partial charge in [0.2, 0.25) is 11.8 Å². The first-order valence-corrected chi connectivity index (χ1v) is 10.8. The number of piperidine rings is 1. The molecule has 1 aromatic heterocycles. The minimum Gasteiger partial charge on any atom is -0.493 e. The van der Waals surface area contributed by atoms with Crippen LogP contribution >= 0.6 is 27.3 Å². The van der Waals surface area contributed by atoms with Crippen molar-refractivity contribution < 1.29 is 14.3 Å². The molecule has 0 spiro atoms. The van der Waals surface area contributed by atoms with Gasteiger partial charge in [0.1, 0.15) is 5.75 Å². The van der Waals surface area contributed by atoms with Crippen LogP contribution < -0.4 is 10.1 Å². The summed E-state index contributed by atoms with van der Waals surface area (Å²) in [4.78, 5) is 27.8. The number of nitrogens with one attached hydrogen (secondary N) is 1. The number of amides is 2. The van der Waals surface area contributed by atoms with E-state index in [-0.39, 0.29) is 17.7 Å². The molecule has 1 aliphatic heterocycles. The van der Waals surface area contributed by atoms with Crippen molar-refractivity contribution in [2.75, 3.05) is 19.7 Å². The molecule has 0 aliphatic carbocycles. The molecule has 3 rings (SSSR count). The van der Waals surface area contributed by atoms with Crippen molar-refractivity contribution in [2.45, 2.75) is 25.8 Å². The second kappa shape index (κ2) is 9.90. The third kappa shape index (κ3) is 6.07. The van der Waals surface area contributed by atoms with Gasteiger partial charge in [-0.1, -0.05) is 18.2 Å². The van der Waals surface area contributed by atoms with Crippen LogP contribution in [0, 0.1) is 5.92 Å². The summed E-state index contributed by atoms with van der Waals surface area (Å²) < 4.78 is 6.63. The second-order valence-corrected chi connectivity index (χ2v) is 8.45. The van der Waals surface area contributed by atoms with Crippen molar-refractivity contribution in [1.29, 1.82) is 0 Å². The quantitative estimate of drug-likeness (QED) is 0.696. The second-order valence-electron chi connectivity index (χ2n) is 6.54. The average molecular weight is 451 g/mol. The van der Waals surface area contributed by atoms with E-state index in [1.807, 2.05) is 41.8 Å². The first-order chi connectivity index (χ1) is 13.1. The zero-order valence-corrected chi connectivity index (χ0v) is 17.4. The van der Waals surface area contributed by atoms with E-state index in [1.165, 1.54) is 0 Å². The van der Waals surface area contributed by atoms with Gasteiger partial charge in [0.15, 0.2) is 0 Å². The van der Waals surface area contributed by atoms with Crippen molar-refractivity contribution in [3.8, 4) is 5.75 Å². The van der Waals surface area contributed by atoms with Crippen molar-refractivity contribution in [2.24, 2.45) is 5.92 Å². The molecule has 1 aromatic carbocycles. The number of benzene rings is 1. The monoisotopic (exact) mass is 450 g/mol. The van der Waals surface area contributed by atoms with Gasteiger partial charge in [0, 0.05) is 27.8 Å². The van der Waals surface area contributed by atoms with E-state index >= 15 is 0 Å². The number of hydrogen-bond acceptors (Lipinski definition) is 4. The molecule has 1 N–H and O–H groups in total. The van der Waals surface area contributed by atoms with Gasteiger partial charge in [-0.25, -0.2) is 0 Å². The Morgan fingerprint density at radius 3 is 2.85 bits per heavy atom. The van der Waals surface area contributed by atoms with Crippen LogP contribution in [0.2, 0.25) is 0 Å². The lowest BCUT2D eigenvalue weighted by atomic mass is 9.97. The van der Waals surface area contributed by atoms with Gasteiger partial charge in [0.05, 0.1) is 25.5 Å². The molecular weight excluding hydrogens is 428 g/mol. The fraction of sp³-hybridized carbons (Fsp3) is 0.400. The Labute approximate surface area is 171 Å². The van der Waals surface area contributed by atoms with Crippen molar-refractivity contribution in [3.63, 3.8) is 0 Å². The largest absolute Gasteiger partial charge is 0.493 e. The summed E-state index contributed by atoms with van der Waals surface area (Å²) in [5.41, 5.74) is 0. The Balaban J connectivity index is 1.42. The van der Waals surface area contributed by atoms with Crippen LogP contribution in [0.5, 0.6) is 5.75 Å². The molecule has 1 atom stereocenters. The Morgan fingerprint density at radius 1 is 1.30 bits per heavy atom. The Hall–Kier alpha value is -1.86. The lowest BCUT2D eigenvalue weighted by molar-refractivity contribution is -0.136. The number of para-hydroxylation sites is 1. The maximum atomic E-state index is 12.5. The number of hydrogen-bond donors (Lipinski definition) is 1. The van der Waals surface area contributed by atoms with Crippen LogP contribution in [0.15, 0.2) is 46.3 Å². The molecule has 0 bridgehead atoms. The minimum absolute atomic E-state index is 0.0255. The van der Waals surface area contributed by atoms with Crippen LogP contribution in [0.25, 0.3) is 0 Å².